The van der Waals surface area contributed by atoms with Gasteiger partial charge < -0.3 is 9.84 Å². The number of hydrogen-bond donors (Lipinski definition) is 1. The van der Waals surface area contributed by atoms with E-state index in [1.165, 1.54) is 30.3 Å². The van der Waals surface area contributed by atoms with Gasteiger partial charge in [-0.2, -0.15) is 0 Å². The molecule has 0 aliphatic carbocycles. The van der Waals surface area contributed by atoms with Gasteiger partial charge in [-0.25, -0.2) is 9.59 Å². The second-order valence-corrected chi connectivity index (χ2v) is 7.19. The Bertz CT molecular complexity index is 933. The topological polar surface area (TPSA) is 150 Å². The van der Waals surface area contributed by atoms with E-state index in [-0.39, 0.29) is 29.1 Å². The zero-order valence-corrected chi connectivity index (χ0v) is 18.4. The number of halogens is 2. The summed E-state index contributed by atoms with van der Waals surface area (Å²) in [6.07, 6.45) is 0. The zero-order valence-electron chi connectivity index (χ0n) is 14.1. The van der Waals surface area contributed by atoms with Gasteiger partial charge in [-0.05, 0) is 64.2 Å². The molecule has 28 heavy (non-hydrogen) atoms. The molecule has 2 aromatic carbocycles. The summed E-state index contributed by atoms with van der Waals surface area (Å²) in [5.41, 5.74) is -0.141. The lowest BCUT2D eigenvalue weighted by Gasteiger charge is -2.03. The molecule has 0 bridgehead atoms. The van der Waals surface area contributed by atoms with E-state index in [4.69, 9.17) is 9.84 Å². The van der Waals surface area contributed by atoms with Crippen LogP contribution in [0.25, 0.3) is 0 Å². The molecule has 0 spiro atoms. The molecule has 148 valence electrons. The minimum atomic E-state index is -1.16. The summed E-state index contributed by atoms with van der Waals surface area (Å²) >= 11 is 3.74. The second kappa shape index (κ2) is 10.8. The lowest BCUT2D eigenvalue weighted by Crippen LogP contribution is -2.07. The maximum atomic E-state index is 11.4. The van der Waals surface area contributed by atoms with Crippen molar-refractivity contribution in [3.05, 3.63) is 74.9 Å². The number of nitrogens with zero attached hydrogens (tertiary/aromatic N) is 2. The molecule has 1 N–H and O–H groups in total. The van der Waals surface area contributed by atoms with Crippen molar-refractivity contribution in [2.24, 2.45) is 0 Å². The van der Waals surface area contributed by atoms with E-state index < -0.39 is 21.8 Å². The van der Waals surface area contributed by atoms with Crippen LogP contribution in [0.4, 0.5) is 11.4 Å². The van der Waals surface area contributed by atoms with Gasteiger partial charge in [0.25, 0.3) is 11.4 Å². The van der Waals surface area contributed by atoms with Crippen LogP contribution >= 0.6 is 45.2 Å². The monoisotopic (exact) mass is 614 g/mol. The Morgan fingerprint density at radius 3 is 1.79 bits per heavy atom. The van der Waals surface area contributed by atoms with E-state index >= 15 is 0 Å². The Balaban J connectivity index is 0.000000283. The van der Waals surface area contributed by atoms with E-state index in [0.29, 0.717) is 7.14 Å². The van der Waals surface area contributed by atoms with Crippen molar-refractivity contribution in [2.45, 2.75) is 6.92 Å². The standard InChI is InChI=1S/C9H8INO4.C7H4INO4/c1-2-15-9(12)7-5-6(11(13)14)3-4-8(7)10;8-6-2-1-4(9(12)13)3-5(6)7(10)11/h3-5H,2H2,1H3;1-3H,(H,10,11). The van der Waals surface area contributed by atoms with Crippen molar-refractivity contribution in [3.8, 4) is 0 Å². The second-order valence-electron chi connectivity index (χ2n) is 4.87. The number of benzene rings is 2. The number of hydrogen-bond acceptors (Lipinski definition) is 7. The molecule has 0 saturated heterocycles. The minimum absolute atomic E-state index is 0.0465. The Morgan fingerprint density at radius 1 is 0.964 bits per heavy atom. The van der Waals surface area contributed by atoms with Crippen LogP contribution in [0.3, 0.4) is 0 Å². The van der Waals surface area contributed by atoms with Crippen molar-refractivity contribution < 1.29 is 29.3 Å². The van der Waals surface area contributed by atoms with Crippen LogP contribution in [0.15, 0.2) is 36.4 Å². The van der Waals surface area contributed by atoms with E-state index in [1.54, 1.807) is 6.92 Å². The molecule has 2 rings (SSSR count). The number of non-ortho nitro benzene ring substituents is 2. The number of rotatable bonds is 5. The Kier molecular flexibility index (Phi) is 9.17. The third kappa shape index (κ3) is 6.66. The van der Waals surface area contributed by atoms with E-state index in [0.717, 1.165) is 6.07 Å². The summed E-state index contributed by atoms with van der Waals surface area (Å²) in [5, 5.41) is 29.4. The number of nitro benzene ring substituents is 2. The number of carboxylic acids is 1. The van der Waals surface area contributed by atoms with Crippen LogP contribution in [-0.4, -0.2) is 33.5 Å². The van der Waals surface area contributed by atoms with Gasteiger partial charge in [0.2, 0.25) is 0 Å². The van der Waals surface area contributed by atoms with Crippen molar-refractivity contribution >= 4 is 68.5 Å². The molecule has 0 unspecified atom stereocenters. The van der Waals surface area contributed by atoms with Crippen molar-refractivity contribution in [1.82, 2.24) is 0 Å². The fourth-order valence-corrected chi connectivity index (χ4v) is 2.90. The van der Waals surface area contributed by atoms with Gasteiger partial charge in [0.15, 0.2) is 0 Å². The molecule has 0 aliphatic heterocycles. The van der Waals surface area contributed by atoms with E-state index in [2.05, 4.69) is 0 Å². The number of carbonyl (C=O) groups excluding carboxylic acids is 1. The number of aromatic carboxylic acids is 1. The number of esters is 1. The maximum Gasteiger partial charge on any atom is 0.339 e. The third-order valence-electron chi connectivity index (χ3n) is 3.05. The van der Waals surface area contributed by atoms with Gasteiger partial charge in [-0.1, -0.05) is 0 Å². The van der Waals surface area contributed by atoms with Crippen LogP contribution < -0.4 is 0 Å². The summed E-state index contributed by atoms with van der Waals surface area (Å²) in [7, 11) is 0. The molecule has 0 atom stereocenters. The summed E-state index contributed by atoms with van der Waals surface area (Å²) in [6, 6.07) is 7.82. The van der Waals surface area contributed by atoms with E-state index in [9.17, 15) is 29.8 Å². The molecule has 0 aliphatic rings. The lowest BCUT2D eigenvalue weighted by atomic mass is 10.2. The van der Waals surface area contributed by atoms with Gasteiger partial charge in [0.05, 0.1) is 27.6 Å². The average molecular weight is 614 g/mol. The fourth-order valence-electron chi connectivity index (χ4n) is 1.78. The molecule has 10 nitrogen and oxygen atoms in total. The molecule has 0 heterocycles. The molecule has 0 saturated carbocycles. The highest BCUT2D eigenvalue weighted by atomic mass is 127. The van der Waals surface area contributed by atoms with Gasteiger partial charge >= 0.3 is 11.9 Å². The largest absolute Gasteiger partial charge is 0.478 e. The van der Waals surface area contributed by atoms with Crippen LogP contribution in [0.5, 0.6) is 0 Å². The number of ether oxygens (including phenoxy) is 1. The highest BCUT2D eigenvalue weighted by molar-refractivity contribution is 14.1. The molecule has 0 radical (unpaired) electrons. The molecular formula is C16H12I2N2O8. The molecular weight excluding hydrogens is 602 g/mol. The minimum Gasteiger partial charge on any atom is -0.478 e. The quantitative estimate of drug-likeness (QED) is 0.227. The van der Waals surface area contributed by atoms with Gasteiger partial charge in [0.1, 0.15) is 0 Å². The van der Waals surface area contributed by atoms with E-state index in [1.807, 2.05) is 45.2 Å². The number of carboxylic acid groups (broad SMARTS) is 1. The van der Waals surface area contributed by atoms with Crippen molar-refractivity contribution in [1.29, 1.82) is 0 Å². The lowest BCUT2D eigenvalue weighted by molar-refractivity contribution is -0.385. The summed E-state index contributed by atoms with van der Waals surface area (Å²) in [4.78, 5) is 41.6. The molecule has 12 heteroatoms. The molecule has 0 fully saturated rings. The van der Waals surface area contributed by atoms with Crippen LogP contribution in [0, 0.1) is 27.4 Å². The average Bonchev–Trinajstić information content (AvgIpc) is 2.62. The molecule has 0 amide bonds. The highest BCUT2D eigenvalue weighted by Gasteiger charge is 2.16. The number of carbonyl (C=O) groups is 2. The molecule has 0 aromatic heterocycles. The predicted octanol–water partition coefficient (Wildman–Crippen LogP) is 4.27. The van der Waals surface area contributed by atoms with Gasteiger partial charge in [-0.15, -0.1) is 0 Å². The SMILES string of the molecule is CCOC(=O)c1cc([N+](=O)[O-])ccc1I.O=C(O)c1cc([N+](=O)[O-])ccc1I. The Hall–Kier alpha value is -2.36. The van der Waals surface area contributed by atoms with Crippen LogP contribution in [-0.2, 0) is 4.74 Å². The highest BCUT2D eigenvalue weighted by Crippen LogP contribution is 2.20. The van der Waals surface area contributed by atoms with Gasteiger partial charge in [0, 0.05) is 31.4 Å². The summed E-state index contributed by atoms with van der Waals surface area (Å²) in [6.45, 7) is 1.93. The van der Waals surface area contributed by atoms with Gasteiger partial charge in [-0.3, -0.25) is 20.2 Å². The Labute approximate surface area is 185 Å². The fraction of sp³-hybridized carbons (Fsp3) is 0.125. The van der Waals surface area contributed by atoms with Crippen molar-refractivity contribution in [3.63, 3.8) is 0 Å². The first-order chi connectivity index (χ1) is 13.1. The molecule has 2 aromatic rings. The van der Waals surface area contributed by atoms with Crippen molar-refractivity contribution in [2.75, 3.05) is 6.61 Å². The smallest absolute Gasteiger partial charge is 0.339 e. The Morgan fingerprint density at radius 2 is 1.39 bits per heavy atom. The first-order valence-electron chi connectivity index (χ1n) is 7.36. The summed E-state index contributed by atoms with van der Waals surface area (Å²) < 4.78 is 5.90. The normalized spacial score (nSPS) is 9.68. The first-order valence-corrected chi connectivity index (χ1v) is 9.52. The zero-order chi connectivity index (χ0) is 21.4. The van der Waals surface area contributed by atoms with Crippen LogP contribution in [0.1, 0.15) is 27.6 Å². The van der Waals surface area contributed by atoms with Crippen LogP contribution in [0.2, 0.25) is 0 Å². The predicted molar refractivity (Wildman–Crippen MR) is 115 cm³/mol. The maximum absolute atomic E-state index is 11.4. The number of nitro groups is 2. The first kappa shape index (κ1) is 23.7. The summed E-state index contributed by atoms with van der Waals surface area (Å²) in [5.74, 6) is -1.70. The third-order valence-corrected chi connectivity index (χ3v) is 4.93.